The highest BCUT2D eigenvalue weighted by Crippen LogP contribution is 2.54. The molecule has 0 radical (unpaired) electrons. The van der Waals surface area contributed by atoms with Gasteiger partial charge in [0.1, 0.15) is 11.6 Å². The minimum Gasteiger partial charge on any atom is -0.478 e. The summed E-state index contributed by atoms with van der Waals surface area (Å²) in [5.74, 6) is -3.66. The van der Waals surface area contributed by atoms with Gasteiger partial charge in [-0.15, -0.1) is 0 Å². The molecule has 0 unspecified atom stereocenters. The normalized spacial score (nSPS) is 24.2. The van der Waals surface area contributed by atoms with Gasteiger partial charge < -0.3 is 16.2 Å². The molecule has 10 heteroatoms. The molecule has 3 aromatic rings. The number of anilines is 1. The molecule has 0 bridgehead atoms. The van der Waals surface area contributed by atoms with E-state index in [1.807, 2.05) is 0 Å². The second-order valence-corrected chi connectivity index (χ2v) is 14.1. The zero-order valence-corrected chi connectivity index (χ0v) is 26.4. The minimum absolute atomic E-state index is 0.0683. The third kappa shape index (κ3) is 6.23. The van der Waals surface area contributed by atoms with E-state index < -0.39 is 47.1 Å². The van der Waals surface area contributed by atoms with Gasteiger partial charge in [0.15, 0.2) is 0 Å². The smallest absolute Gasteiger partial charge is 0.335 e. The lowest BCUT2D eigenvalue weighted by molar-refractivity contribution is -0.121. The molecule has 2 aliphatic rings. The van der Waals surface area contributed by atoms with Crippen molar-refractivity contribution in [2.24, 2.45) is 17.1 Å². The Hall–Kier alpha value is -3.04. The van der Waals surface area contributed by atoms with E-state index in [-0.39, 0.29) is 32.2 Å². The molecule has 5 rings (SSSR count). The van der Waals surface area contributed by atoms with E-state index in [1.165, 1.54) is 42.5 Å². The second-order valence-electron chi connectivity index (χ2n) is 13.3. The Kier molecular flexibility index (Phi) is 9.11. The number of hydrogen-bond acceptors (Lipinski definition) is 4. The molecule has 4 atom stereocenters. The number of carboxylic acid groups (broad SMARTS) is 1. The van der Waals surface area contributed by atoms with E-state index in [0.717, 1.165) is 19.3 Å². The van der Waals surface area contributed by atoms with Crippen molar-refractivity contribution in [2.75, 3.05) is 11.9 Å². The molecular formula is C34H37Cl2F2N3O3. The van der Waals surface area contributed by atoms with Gasteiger partial charge in [-0.3, -0.25) is 9.69 Å². The summed E-state index contributed by atoms with van der Waals surface area (Å²) in [4.78, 5) is 27.9. The number of amides is 1. The number of likely N-dealkylation sites (tertiary alicyclic amines) is 1. The van der Waals surface area contributed by atoms with Crippen LogP contribution in [0.15, 0.2) is 60.7 Å². The third-order valence-corrected chi connectivity index (χ3v) is 9.55. The molecule has 1 heterocycles. The number of nitrogens with one attached hydrogen (secondary N) is 1. The molecule has 44 heavy (non-hydrogen) atoms. The lowest BCUT2D eigenvalue weighted by atomic mass is 9.68. The van der Waals surface area contributed by atoms with Crippen LogP contribution in [0.2, 0.25) is 10.0 Å². The highest BCUT2D eigenvalue weighted by atomic mass is 35.5. The van der Waals surface area contributed by atoms with Gasteiger partial charge in [0.25, 0.3) is 0 Å². The summed E-state index contributed by atoms with van der Waals surface area (Å²) in [7, 11) is 0. The molecule has 2 fully saturated rings. The zero-order chi connectivity index (χ0) is 32.0. The average molecular weight is 645 g/mol. The number of carboxylic acids is 1. The Balaban J connectivity index is 1.74. The molecular weight excluding hydrogens is 607 g/mol. The Morgan fingerprint density at radius 2 is 1.75 bits per heavy atom. The maximum Gasteiger partial charge on any atom is 0.335 e. The van der Waals surface area contributed by atoms with E-state index in [9.17, 15) is 14.7 Å². The molecule has 1 amide bonds. The summed E-state index contributed by atoms with van der Waals surface area (Å²) in [6, 6.07) is 13.1. The van der Waals surface area contributed by atoms with Gasteiger partial charge >= 0.3 is 5.97 Å². The Morgan fingerprint density at radius 3 is 2.32 bits per heavy atom. The lowest BCUT2D eigenvalue weighted by Crippen LogP contribution is -2.54. The first kappa shape index (κ1) is 32.4. The average Bonchev–Trinajstić information content (AvgIpc) is 3.15. The standard InChI is InChI=1S/C34H37Cl2F2N3O3/c1-33(2,3)17-27-34(39,24-15-12-21(35)16-26(24)37)28(23-8-5-9-25(36)29(23)38)30(41(27)18-19-6-4-7-19)31(42)40-22-13-10-20(11-14-22)32(43)44/h5,8-16,19,27-28,30H,4,6-7,17-18,39H2,1-3H3,(H,40,42)(H,43,44)/t27-,28-,30+,34+/m0/s1. The number of hydrogen-bond donors (Lipinski definition) is 3. The molecule has 4 N–H and O–H groups in total. The second kappa shape index (κ2) is 12.4. The number of rotatable bonds is 8. The first-order valence-electron chi connectivity index (χ1n) is 14.8. The summed E-state index contributed by atoms with van der Waals surface area (Å²) in [6.07, 6.45) is 3.51. The van der Waals surface area contributed by atoms with Gasteiger partial charge in [0, 0.05) is 34.8 Å². The summed E-state index contributed by atoms with van der Waals surface area (Å²) in [5, 5.41) is 12.3. The van der Waals surface area contributed by atoms with Gasteiger partial charge in [-0.05, 0) is 78.6 Å². The monoisotopic (exact) mass is 643 g/mol. The van der Waals surface area contributed by atoms with E-state index in [4.69, 9.17) is 28.9 Å². The van der Waals surface area contributed by atoms with Gasteiger partial charge in [-0.2, -0.15) is 0 Å². The van der Waals surface area contributed by atoms with Crippen molar-refractivity contribution in [3.63, 3.8) is 0 Å². The topological polar surface area (TPSA) is 95.7 Å². The zero-order valence-electron chi connectivity index (χ0n) is 24.9. The molecule has 234 valence electrons. The fourth-order valence-corrected chi connectivity index (χ4v) is 7.14. The van der Waals surface area contributed by atoms with Crippen molar-refractivity contribution >= 4 is 40.8 Å². The van der Waals surface area contributed by atoms with Crippen LogP contribution in [0, 0.1) is 23.0 Å². The van der Waals surface area contributed by atoms with E-state index in [2.05, 4.69) is 31.0 Å². The number of aromatic carboxylic acids is 1. The lowest BCUT2D eigenvalue weighted by Gasteiger charge is -2.43. The molecule has 6 nitrogen and oxygen atoms in total. The Bertz CT molecular complexity index is 1560. The molecule has 3 aromatic carbocycles. The Labute approximate surface area is 266 Å². The van der Waals surface area contributed by atoms with Crippen molar-refractivity contribution < 1.29 is 23.5 Å². The van der Waals surface area contributed by atoms with Crippen LogP contribution in [0.1, 0.15) is 73.9 Å². The predicted octanol–water partition coefficient (Wildman–Crippen LogP) is 7.84. The predicted molar refractivity (Wildman–Crippen MR) is 169 cm³/mol. The summed E-state index contributed by atoms with van der Waals surface area (Å²) in [5.41, 5.74) is 6.31. The number of benzene rings is 3. The van der Waals surface area contributed by atoms with Crippen LogP contribution in [0.25, 0.3) is 0 Å². The van der Waals surface area contributed by atoms with Crippen molar-refractivity contribution in [1.82, 2.24) is 4.90 Å². The van der Waals surface area contributed by atoms with Crippen LogP contribution in [0.3, 0.4) is 0 Å². The third-order valence-electron chi connectivity index (χ3n) is 9.02. The largest absolute Gasteiger partial charge is 0.478 e. The maximum absolute atomic E-state index is 16.1. The fraction of sp³-hybridized carbons (Fsp3) is 0.412. The highest BCUT2D eigenvalue weighted by molar-refractivity contribution is 6.31. The highest BCUT2D eigenvalue weighted by Gasteiger charge is 2.62. The minimum atomic E-state index is -1.58. The number of carbonyl (C=O) groups excluding carboxylic acids is 1. The van der Waals surface area contributed by atoms with Crippen molar-refractivity contribution in [3.05, 3.63) is 99.0 Å². The van der Waals surface area contributed by atoms with Crippen molar-refractivity contribution in [3.8, 4) is 0 Å². The SMILES string of the molecule is CC(C)(C)C[C@@H]1N(CC2CCC2)[C@@H](C(=O)Nc2ccc(C(=O)O)cc2)[C@H](c2cccc(Cl)c2F)[C@@]1(N)c1ccc(Cl)cc1F. The van der Waals surface area contributed by atoms with Gasteiger partial charge in [-0.1, -0.05) is 68.6 Å². The Morgan fingerprint density at radius 1 is 1.07 bits per heavy atom. The van der Waals surface area contributed by atoms with Crippen LogP contribution in [0.5, 0.6) is 0 Å². The molecule has 1 aliphatic heterocycles. The van der Waals surface area contributed by atoms with Crippen LogP contribution in [-0.4, -0.2) is 40.5 Å². The van der Waals surface area contributed by atoms with Crippen molar-refractivity contribution in [1.29, 1.82) is 0 Å². The van der Waals surface area contributed by atoms with Gasteiger partial charge in [0.05, 0.1) is 22.2 Å². The molecule has 1 aliphatic carbocycles. The molecule has 0 aromatic heterocycles. The molecule has 1 saturated carbocycles. The number of halogens is 4. The number of nitrogens with two attached hydrogens (primary N) is 1. The van der Waals surface area contributed by atoms with Crippen LogP contribution >= 0.6 is 23.2 Å². The number of carbonyl (C=O) groups is 2. The maximum atomic E-state index is 16.1. The van der Waals surface area contributed by atoms with E-state index >= 15 is 8.78 Å². The fourth-order valence-electron chi connectivity index (χ4n) is 6.80. The first-order valence-corrected chi connectivity index (χ1v) is 15.5. The van der Waals surface area contributed by atoms with E-state index in [0.29, 0.717) is 24.6 Å². The summed E-state index contributed by atoms with van der Waals surface area (Å²) >= 11 is 12.5. The quantitative estimate of drug-likeness (QED) is 0.232. The molecule has 1 saturated heterocycles. The summed E-state index contributed by atoms with van der Waals surface area (Å²) in [6.45, 7) is 6.68. The van der Waals surface area contributed by atoms with Crippen LogP contribution < -0.4 is 11.1 Å². The number of nitrogens with zero attached hydrogens (tertiary/aromatic N) is 1. The van der Waals surface area contributed by atoms with Crippen molar-refractivity contribution in [2.45, 2.75) is 70.0 Å². The van der Waals surface area contributed by atoms with Gasteiger partial charge in [0.2, 0.25) is 5.91 Å². The van der Waals surface area contributed by atoms with Crippen LogP contribution in [0.4, 0.5) is 14.5 Å². The van der Waals surface area contributed by atoms with Crippen LogP contribution in [-0.2, 0) is 10.3 Å². The van der Waals surface area contributed by atoms with Gasteiger partial charge in [-0.25, -0.2) is 13.6 Å². The van der Waals surface area contributed by atoms with E-state index in [1.54, 1.807) is 18.2 Å². The first-order chi connectivity index (χ1) is 20.7. The molecule has 0 spiro atoms. The summed E-state index contributed by atoms with van der Waals surface area (Å²) < 4.78 is 32.1.